The van der Waals surface area contributed by atoms with Gasteiger partial charge >= 0.3 is 0 Å². The molecule has 184 valence electrons. The van der Waals surface area contributed by atoms with Crippen molar-refractivity contribution in [2.75, 3.05) is 6.61 Å². The molecule has 34 heavy (non-hydrogen) atoms. The maximum absolute atomic E-state index is 13.6. The SMILES string of the molecule is CCCCCCOc1c(OC(C)C)c(=O)n(CCCC)c2cc(OCc3ccccc3)ccc12. The number of aryl methyl sites for hydroxylation is 1. The van der Waals surface area contributed by atoms with Crippen LogP contribution in [0.5, 0.6) is 17.2 Å². The van der Waals surface area contributed by atoms with Gasteiger partial charge in [0.2, 0.25) is 5.75 Å². The molecule has 0 radical (unpaired) electrons. The van der Waals surface area contributed by atoms with Crippen LogP contribution >= 0.6 is 0 Å². The summed E-state index contributed by atoms with van der Waals surface area (Å²) < 4.78 is 20.1. The number of benzene rings is 2. The Bertz CT molecular complexity index is 1090. The summed E-state index contributed by atoms with van der Waals surface area (Å²) in [4.78, 5) is 13.6. The van der Waals surface area contributed by atoms with Crippen molar-refractivity contribution in [3.05, 3.63) is 64.4 Å². The zero-order valence-electron chi connectivity index (χ0n) is 21.1. The number of fused-ring (bicyclic) bond motifs is 1. The Kier molecular flexibility index (Phi) is 9.87. The Balaban J connectivity index is 2.02. The van der Waals surface area contributed by atoms with Crippen molar-refractivity contribution in [1.82, 2.24) is 4.57 Å². The highest BCUT2D eigenvalue weighted by Crippen LogP contribution is 2.35. The Hall–Kier alpha value is -2.95. The van der Waals surface area contributed by atoms with Crippen LogP contribution in [0.15, 0.2) is 53.3 Å². The average molecular weight is 466 g/mol. The number of ether oxygens (including phenoxy) is 3. The Morgan fingerprint density at radius 3 is 2.32 bits per heavy atom. The van der Waals surface area contributed by atoms with E-state index in [0.29, 0.717) is 31.3 Å². The summed E-state index contributed by atoms with van der Waals surface area (Å²) in [6.45, 7) is 9.85. The van der Waals surface area contributed by atoms with Crippen LogP contribution < -0.4 is 19.8 Å². The summed E-state index contributed by atoms with van der Waals surface area (Å²) in [5.74, 6) is 1.59. The van der Waals surface area contributed by atoms with Crippen LogP contribution in [0.25, 0.3) is 10.9 Å². The smallest absolute Gasteiger partial charge is 0.297 e. The lowest BCUT2D eigenvalue weighted by atomic mass is 10.1. The topological polar surface area (TPSA) is 49.7 Å². The fourth-order valence-corrected chi connectivity index (χ4v) is 3.93. The highest BCUT2D eigenvalue weighted by molar-refractivity contribution is 5.89. The third-order valence-corrected chi connectivity index (χ3v) is 5.73. The molecule has 0 saturated carbocycles. The van der Waals surface area contributed by atoms with Crippen LogP contribution in [-0.4, -0.2) is 17.3 Å². The van der Waals surface area contributed by atoms with Crippen LogP contribution in [0, 0.1) is 0 Å². The lowest BCUT2D eigenvalue weighted by Crippen LogP contribution is -2.25. The monoisotopic (exact) mass is 465 g/mol. The fourth-order valence-electron chi connectivity index (χ4n) is 3.93. The van der Waals surface area contributed by atoms with Crippen molar-refractivity contribution in [3.8, 4) is 17.2 Å². The highest BCUT2D eigenvalue weighted by atomic mass is 16.5. The van der Waals surface area contributed by atoms with E-state index in [2.05, 4.69) is 13.8 Å². The van der Waals surface area contributed by atoms with Crippen LogP contribution in [-0.2, 0) is 13.2 Å². The minimum absolute atomic E-state index is 0.124. The minimum atomic E-state index is -0.140. The van der Waals surface area contributed by atoms with Gasteiger partial charge in [0, 0.05) is 18.0 Å². The number of pyridine rings is 1. The van der Waals surface area contributed by atoms with E-state index in [1.807, 2.05) is 66.9 Å². The quantitative estimate of drug-likeness (QED) is 0.238. The van der Waals surface area contributed by atoms with Gasteiger partial charge in [0.25, 0.3) is 5.56 Å². The molecule has 5 heteroatoms. The highest BCUT2D eigenvalue weighted by Gasteiger charge is 2.21. The average Bonchev–Trinajstić information content (AvgIpc) is 2.84. The second-order valence-electron chi connectivity index (χ2n) is 9.00. The van der Waals surface area contributed by atoms with Crippen molar-refractivity contribution in [2.45, 2.75) is 85.5 Å². The second kappa shape index (κ2) is 13.1. The molecule has 0 atom stereocenters. The number of aromatic nitrogens is 1. The van der Waals surface area contributed by atoms with Crippen LogP contribution in [0.4, 0.5) is 0 Å². The van der Waals surface area contributed by atoms with Gasteiger partial charge in [-0.2, -0.15) is 0 Å². The Morgan fingerprint density at radius 2 is 1.62 bits per heavy atom. The molecule has 0 fully saturated rings. The summed E-state index contributed by atoms with van der Waals surface area (Å²) in [5, 5.41) is 0.883. The Morgan fingerprint density at radius 1 is 0.853 bits per heavy atom. The van der Waals surface area contributed by atoms with Gasteiger partial charge in [-0.15, -0.1) is 0 Å². The van der Waals surface area contributed by atoms with Gasteiger partial charge in [-0.1, -0.05) is 69.9 Å². The van der Waals surface area contributed by atoms with E-state index in [0.717, 1.165) is 47.9 Å². The third-order valence-electron chi connectivity index (χ3n) is 5.73. The van der Waals surface area contributed by atoms with Gasteiger partial charge in [-0.3, -0.25) is 4.79 Å². The Labute approximate surface area is 203 Å². The molecule has 1 aromatic heterocycles. The lowest BCUT2D eigenvalue weighted by molar-refractivity contribution is 0.216. The molecule has 0 N–H and O–H groups in total. The molecule has 2 aromatic carbocycles. The molecular weight excluding hydrogens is 426 g/mol. The molecule has 3 aromatic rings. The summed E-state index contributed by atoms with van der Waals surface area (Å²) >= 11 is 0. The molecule has 3 rings (SSSR count). The molecule has 0 amide bonds. The van der Waals surface area contributed by atoms with Gasteiger partial charge in [-0.25, -0.2) is 0 Å². The first-order valence-electron chi connectivity index (χ1n) is 12.7. The van der Waals surface area contributed by atoms with Crippen LogP contribution in [0.1, 0.15) is 71.8 Å². The number of hydrogen-bond donors (Lipinski definition) is 0. The van der Waals surface area contributed by atoms with Gasteiger partial charge in [0.1, 0.15) is 12.4 Å². The molecule has 0 aliphatic carbocycles. The number of hydrogen-bond acceptors (Lipinski definition) is 4. The molecular formula is C29H39NO4. The molecule has 0 aliphatic rings. The maximum atomic E-state index is 13.6. The normalized spacial score (nSPS) is 11.2. The molecule has 0 aliphatic heterocycles. The lowest BCUT2D eigenvalue weighted by Gasteiger charge is -2.20. The zero-order valence-corrected chi connectivity index (χ0v) is 21.1. The van der Waals surface area contributed by atoms with Gasteiger partial charge in [-0.05, 0) is 44.4 Å². The molecule has 0 spiro atoms. The second-order valence-corrected chi connectivity index (χ2v) is 9.00. The first kappa shape index (κ1) is 25.7. The van der Waals surface area contributed by atoms with Gasteiger partial charge in [0.15, 0.2) is 5.75 Å². The predicted molar refractivity (Wildman–Crippen MR) is 139 cm³/mol. The number of nitrogens with zero attached hydrogens (tertiary/aromatic N) is 1. The largest absolute Gasteiger partial charge is 0.489 e. The van der Waals surface area contributed by atoms with E-state index in [-0.39, 0.29) is 11.7 Å². The van der Waals surface area contributed by atoms with E-state index in [4.69, 9.17) is 14.2 Å². The third kappa shape index (κ3) is 6.78. The van der Waals surface area contributed by atoms with Crippen molar-refractivity contribution in [1.29, 1.82) is 0 Å². The van der Waals surface area contributed by atoms with E-state index in [9.17, 15) is 4.79 Å². The van der Waals surface area contributed by atoms with E-state index < -0.39 is 0 Å². The van der Waals surface area contributed by atoms with E-state index in [1.165, 1.54) is 12.8 Å². The minimum Gasteiger partial charge on any atom is -0.489 e. The van der Waals surface area contributed by atoms with Crippen LogP contribution in [0.2, 0.25) is 0 Å². The van der Waals surface area contributed by atoms with Gasteiger partial charge < -0.3 is 18.8 Å². The predicted octanol–water partition coefficient (Wildman–Crippen LogP) is 7.13. The number of unbranched alkanes of at least 4 members (excludes halogenated alkanes) is 4. The zero-order chi connectivity index (χ0) is 24.3. The van der Waals surface area contributed by atoms with Crippen LogP contribution in [0.3, 0.4) is 0 Å². The molecule has 0 bridgehead atoms. The molecule has 5 nitrogen and oxygen atoms in total. The van der Waals surface area contributed by atoms with Gasteiger partial charge in [0.05, 0.1) is 18.2 Å². The van der Waals surface area contributed by atoms with E-state index in [1.54, 1.807) is 0 Å². The van der Waals surface area contributed by atoms with Crippen molar-refractivity contribution < 1.29 is 14.2 Å². The van der Waals surface area contributed by atoms with Crippen molar-refractivity contribution in [3.63, 3.8) is 0 Å². The first-order valence-corrected chi connectivity index (χ1v) is 12.7. The molecule has 1 heterocycles. The molecule has 0 unspecified atom stereocenters. The summed E-state index contributed by atoms with van der Waals surface area (Å²) in [6, 6.07) is 16.0. The fraction of sp³-hybridized carbons (Fsp3) is 0.483. The maximum Gasteiger partial charge on any atom is 0.297 e. The summed E-state index contributed by atoms with van der Waals surface area (Å²) in [6.07, 6.45) is 6.19. The summed E-state index contributed by atoms with van der Waals surface area (Å²) in [7, 11) is 0. The summed E-state index contributed by atoms with van der Waals surface area (Å²) in [5.41, 5.74) is 1.78. The van der Waals surface area contributed by atoms with Crippen molar-refractivity contribution in [2.24, 2.45) is 0 Å². The number of rotatable bonds is 14. The molecule has 0 saturated heterocycles. The van der Waals surface area contributed by atoms with E-state index >= 15 is 0 Å². The van der Waals surface area contributed by atoms with Crippen molar-refractivity contribution >= 4 is 10.9 Å². The standard InChI is InChI=1S/C29H39NO4/c1-5-7-9-13-19-32-27-25-17-16-24(33-21-23-14-11-10-12-15-23)20-26(25)30(18-8-6-2)29(31)28(27)34-22(3)4/h10-12,14-17,20,22H,5-9,13,18-19,21H2,1-4H3. The first-order chi connectivity index (χ1) is 16.5.